The van der Waals surface area contributed by atoms with E-state index in [1.807, 2.05) is 36.4 Å². The van der Waals surface area contributed by atoms with Crippen molar-refractivity contribution in [2.24, 2.45) is 0 Å². The number of amides is 1. The molecule has 1 amide bonds. The Morgan fingerprint density at radius 3 is 2.53 bits per heavy atom. The zero-order chi connectivity index (χ0) is 13.2. The maximum Gasteiger partial charge on any atom is 0.291 e. The van der Waals surface area contributed by atoms with Crippen LogP contribution in [0.15, 0.2) is 63.7 Å². The van der Waals surface area contributed by atoms with Crippen LogP contribution in [0.5, 0.6) is 0 Å². The van der Waals surface area contributed by atoms with Crippen molar-refractivity contribution >= 4 is 38.3 Å². The minimum Gasteiger partial charge on any atom is -0.459 e. The van der Waals surface area contributed by atoms with Crippen molar-refractivity contribution in [1.82, 2.24) is 0 Å². The summed E-state index contributed by atoms with van der Waals surface area (Å²) in [5.41, 5.74) is 0.764. The number of furan rings is 1. The highest BCUT2D eigenvalue weighted by atomic mass is 79.9. The highest BCUT2D eigenvalue weighted by Crippen LogP contribution is 2.30. The molecule has 4 heteroatoms. The van der Waals surface area contributed by atoms with E-state index in [0.717, 1.165) is 20.9 Å². The molecule has 1 heterocycles. The van der Waals surface area contributed by atoms with Crippen molar-refractivity contribution in [1.29, 1.82) is 0 Å². The number of rotatable bonds is 2. The highest BCUT2D eigenvalue weighted by Gasteiger charge is 2.11. The average Bonchev–Trinajstić information content (AvgIpc) is 2.96. The number of hydrogen-bond donors (Lipinski definition) is 1. The third-order valence-corrected chi connectivity index (χ3v) is 3.56. The molecule has 1 N–H and O–H groups in total. The Hall–Kier alpha value is -2.07. The second-order valence-electron chi connectivity index (χ2n) is 4.07. The molecule has 0 fully saturated rings. The number of halogens is 1. The van der Waals surface area contributed by atoms with Gasteiger partial charge in [0, 0.05) is 15.5 Å². The maximum atomic E-state index is 12.0. The quantitative estimate of drug-likeness (QED) is 0.759. The normalized spacial score (nSPS) is 10.6. The van der Waals surface area contributed by atoms with Crippen molar-refractivity contribution in [3.05, 3.63) is 65.0 Å². The Morgan fingerprint density at radius 1 is 1.00 bits per heavy atom. The molecule has 0 spiro atoms. The summed E-state index contributed by atoms with van der Waals surface area (Å²) < 4.78 is 6.08. The van der Waals surface area contributed by atoms with Crippen LogP contribution in [-0.2, 0) is 0 Å². The van der Waals surface area contributed by atoms with Gasteiger partial charge in [-0.3, -0.25) is 4.79 Å². The third-order valence-electron chi connectivity index (χ3n) is 2.86. The Bertz CT molecular complexity index is 735. The molecule has 3 aromatic rings. The minimum atomic E-state index is -0.252. The standard InChI is InChI=1S/C15H10BrNO2/c16-12-7-8-13(11-5-2-1-4-10(11)12)17-15(18)14-6-3-9-19-14/h1-9H,(H,17,18). The van der Waals surface area contributed by atoms with Gasteiger partial charge >= 0.3 is 0 Å². The fourth-order valence-corrected chi connectivity index (χ4v) is 2.44. The molecule has 3 rings (SSSR count). The molecule has 0 saturated heterocycles. The second kappa shape index (κ2) is 4.90. The molecule has 0 saturated carbocycles. The van der Waals surface area contributed by atoms with Gasteiger partial charge in [0.25, 0.3) is 5.91 Å². The fourth-order valence-electron chi connectivity index (χ4n) is 1.96. The van der Waals surface area contributed by atoms with E-state index in [4.69, 9.17) is 4.42 Å². The minimum absolute atomic E-state index is 0.252. The lowest BCUT2D eigenvalue weighted by atomic mass is 10.1. The third kappa shape index (κ3) is 2.27. The van der Waals surface area contributed by atoms with Gasteiger partial charge in [-0.05, 0) is 29.7 Å². The van der Waals surface area contributed by atoms with Crippen molar-refractivity contribution < 1.29 is 9.21 Å². The van der Waals surface area contributed by atoms with Crippen molar-refractivity contribution in [2.45, 2.75) is 0 Å². The Kier molecular flexibility index (Phi) is 3.09. The average molecular weight is 316 g/mol. The Balaban J connectivity index is 2.02. The number of benzene rings is 2. The maximum absolute atomic E-state index is 12.0. The zero-order valence-electron chi connectivity index (χ0n) is 9.89. The van der Waals surface area contributed by atoms with Gasteiger partial charge in [-0.1, -0.05) is 40.2 Å². The monoisotopic (exact) mass is 315 g/mol. The lowest BCUT2D eigenvalue weighted by Crippen LogP contribution is -2.11. The van der Waals surface area contributed by atoms with Crippen LogP contribution in [0, 0.1) is 0 Å². The molecule has 3 nitrogen and oxygen atoms in total. The van der Waals surface area contributed by atoms with Crippen molar-refractivity contribution in [2.75, 3.05) is 5.32 Å². The van der Waals surface area contributed by atoms with Crippen LogP contribution in [0.3, 0.4) is 0 Å². The molecule has 2 aromatic carbocycles. The second-order valence-corrected chi connectivity index (χ2v) is 4.93. The number of anilines is 1. The predicted octanol–water partition coefficient (Wildman–Crippen LogP) is 4.45. The van der Waals surface area contributed by atoms with Gasteiger partial charge in [-0.25, -0.2) is 0 Å². The van der Waals surface area contributed by atoms with Gasteiger partial charge in [-0.15, -0.1) is 0 Å². The first-order valence-electron chi connectivity index (χ1n) is 5.78. The lowest BCUT2D eigenvalue weighted by molar-refractivity contribution is 0.0997. The highest BCUT2D eigenvalue weighted by molar-refractivity contribution is 9.10. The topological polar surface area (TPSA) is 42.2 Å². The van der Waals surface area contributed by atoms with E-state index in [9.17, 15) is 4.79 Å². The number of fused-ring (bicyclic) bond motifs is 1. The molecule has 0 atom stereocenters. The summed E-state index contributed by atoms with van der Waals surface area (Å²) in [4.78, 5) is 12.0. The van der Waals surface area contributed by atoms with E-state index in [0.29, 0.717) is 5.76 Å². The molecular formula is C15H10BrNO2. The van der Waals surface area contributed by atoms with Crippen LogP contribution in [0.25, 0.3) is 10.8 Å². The summed E-state index contributed by atoms with van der Waals surface area (Å²) in [6.07, 6.45) is 1.48. The van der Waals surface area contributed by atoms with Gasteiger partial charge in [0.2, 0.25) is 0 Å². The van der Waals surface area contributed by atoms with E-state index >= 15 is 0 Å². The van der Waals surface area contributed by atoms with Gasteiger partial charge < -0.3 is 9.73 Å². The van der Waals surface area contributed by atoms with E-state index in [2.05, 4.69) is 21.2 Å². The van der Waals surface area contributed by atoms with Crippen molar-refractivity contribution in [3.63, 3.8) is 0 Å². The summed E-state index contributed by atoms with van der Waals surface area (Å²) in [6.45, 7) is 0. The molecule has 0 aliphatic carbocycles. The smallest absolute Gasteiger partial charge is 0.291 e. The lowest BCUT2D eigenvalue weighted by Gasteiger charge is -2.08. The van der Waals surface area contributed by atoms with Gasteiger partial charge in [0.1, 0.15) is 0 Å². The Labute approximate surface area is 118 Å². The summed E-state index contributed by atoms with van der Waals surface area (Å²) in [7, 11) is 0. The summed E-state index contributed by atoms with van der Waals surface area (Å²) in [6, 6.07) is 15.0. The predicted molar refractivity (Wildman–Crippen MR) is 78.3 cm³/mol. The summed E-state index contributed by atoms with van der Waals surface area (Å²) in [5, 5.41) is 4.90. The first-order chi connectivity index (χ1) is 9.25. The van der Waals surface area contributed by atoms with Crippen molar-refractivity contribution in [3.8, 4) is 0 Å². The number of hydrogen-bond acceptors (Lipinski definition) is 2. The molecule has 0 bridgehead atoms. The van der Waals surface area contributed by atoms with Gasteiger partial charge in [0.15, 0.2) is 5.76 Å². The molecule has 0 radical (unpaired) electrons. The number of carbonyl (C=O) groups excluding carboxylic acids is 1. The largest absolute Gasteiger partial charge is 0.459 e. The molecule has 0 unspecified atom stereocenters. The van der Waals surface area contributed by atoms with Gasteiger partial charge in [-0.2, -0.15) is 0 Å². The van der Waals surface area contributed by atoms with E-state index in [1.54, 1.807) is 12.1 Å². The molecule has 19 heavy (non-hydrogen) atoms. The molecular weight excluding hydrogens is 306 g/mol. The van der Waals surface area contributed by atoms with E-state index < -0.39 is 0 Å². The fraction of sp³-hybridized carbons (Fsp3) is 0. The van der Waals surface area contributed by atoms with E-state index in [-0.39, 0.29) is 5.91 Å². The zero-order valence-corrected chi connectivity index (χ0v) is 11.5. The molecule has 1 aromatic heterocycles. The van der Waals surface area contributed by atoms with Crippen LogP contribution in [0.4, 0.5) is 5.69 Å². The summed E-state index contributed by atoms with van der Waals surface area (Å²) in [5.74, 6) is 0.0458. The Morgan fingerprint density at radius 2 is 1.79 bits per heavy atom. The van der Waals surface area contributed by atoms with Crippen LogP contribution >= 0.6 is 15.9 Å². The SMILES string of the molecule is O=C(Nc1ccc(Br)c2ccccc12)c1ccco1. The van der Waals surface area contributed by atoms with E-state index in [1.165, 1.54) is 6.26 Å². The van der Waals surface area contributed by atoms with Crippen LogP contribution in [0.2, 0.25) is 0 Å². The van der Waals surface area contributed by atoms with Crippen LogP contribution in [0.1, 0.15) is 10.6 Å². The van der Waals surface area contributed by atoms with Crippen LogP contribution in [-0.4, -0.2) is 5.91 Å². The first kappa shape index (κ1) is 12.0. The number of carbonyl (C=O) groups is 1. The first-order valence-corrected chi connectivity index (χ1v) is 6.57. The van der Waals surface area contributed by atoms with Gasteiger partial charge in [0.05, 0.1) is 6.26 Å². The number of nitrogens with one attached hydrogen (secondary N) is 1. The molecule has 0 aliphatic heterocycles. The van der Waals surface area contributed by atoms with Crippen LogP contribution < -0.4 is 5.32 Å². The molecule has 0 aliphatic rings. The molecule has 94 valence electrons. The summed E-state index contributed by atoms with van der Waals surface area (Å²) >= 11 is 3.50.